The lowest BCUT2D eigenvalue weighted by molar-refractivity contribution is -0.127. The number of aryl methyl sites for hydroxylation is 2. The quantitative estimate of drug-likeness (QED) is 0.839. The van der Waals surface area contributed by atoms with E-state index in [1.807, 2.05) is 45.9 Å². The summed E-state index contributed by atoms with van der Waals surface area (Å²) in [6, 6.07) is 5.84. The van der Waals surface area contributed by atoms with Crippen molar-refractivity contribution in [2.45, 2.75) is 40.5 Å². The number of hydrogen-bond acceptors (Lipinski definition) is 2. The number of rotatable bonds is 6. The van der Waals surface area contributed by atoms with Gasteiger partial charge in [0, 0.05) is 11.6 Å². The SMILES string of the molecule is CCC(CC)C(=O)NCC(=O)Nc1ccc(C)cc1C. The normalized spacial score (nSPS) is 10.4. The highest BCUT2D eigenvalue weighted by Gasteiger charge is 2.14. The van der Waals surface area contributed by atoms with Crippen molar-refractivity contribution in [1.82, 2.24) is 5.32 Å². The van der Waals surface area contributed by atoms with Crippen molar-refractivity contribution in [3.05, 3.63) is 29.3 Å². The fraction of sp³-hybridized carbons (Fsp3) is 0.500. The van der Waals surface area contributed by atoms with Crippen LogP contribution in [0.1, 0.15) is 37.8 Å². The third-order valence-corrected chi connectivity index (χ3v) is 3.44. The van der Waals surface area contributed by atoms with Crippen molar-refractivity contribution >= 4 is 17.5 Å². The molecular weight excluding hydrogens is 252 g/mol. The van der Waals surface area contributed by atoms with Crippen molar-refractivity contribution < 1.29 is 9.59 Å². The van der Waals surface area contributed by atoms with Gasteiger partial charge in [0.25, 0.3) is 0 Å². The van der Waals surface area contributed by atoms with Gasteiger partial charge in [-0.1, -0.05) is 31.5 Å². The molecule has 0 fully saturated rings. The molecule has 1 rings (SSSR count). The van der Waals surface area contributed by atoms with Crippen molar-refractivity contribution in [1.29, 1.82) is 0 Å². The summed E-state index contributed by atoms with van der Waals surface area (Å²) in [4.78, 5) is 23.6. The maximum Gasteiger partial charge on any atom is 0.243 e. The zero-order valence-corrected chi connectivity index (χ0v) is 12.7. The van der Waals surface area contributed by atoms with Gasteiger partial charge in [-0.25, -0.2) is 0 Å². The molecule has 1 aromatic carbocycles. The molecule has 2 amide bonds. The van der Waals surface area contributed by atoms with E-state index in [4.69, 9.17) is 0 Å². The van der Waals surface area contributed by atoms with Crippen LogP contribution in [0.4, 0.5) is 5.69 Å². The molecular formula is C16H24N2O2. The number of nitrogens with one attached hydrogen (secondary N) is 2. The van der Waals surface area contributed by atoms with E-state index in [0.717, 1.165) is 29.7 Å². The first-order chi connectivity index (χ1) is 9.47. The fourth-order valence-corrected chi connectivity index (χ4v) is 2.12. The Labute approximate surface area is 121 Å². The molecule has 110 valence electrons. The Hall–Kier alpha value is -1.84. The van der Waals surface area contributed by atoms with Gasteiger partial charge in [0.1, 0.15) is 0 Å². The van der Waals surface area contributed by atoms with Gasteiger partial charge in [-0.15, -0.1) is 0 Å². The second-order valence-electron chi connectivity index (χ2n) is 5.10. The van der Waals surface area contributed by atoms with Gasteiger partial charge in [-0.3, -0.25) is 9.59 Å². The number of anilines is 1. The average molecular weight is 276 g/mol. The molecule has 20 heavy (non-hydrogen) atoms. The first kappa shape index (κ1) is 16.2. The lowest BCUT2D eigenvalue weighted by atomic mass is 10.0. The smallest absolute Gasteiger partial charge is 0.243 e. The number of benzene rings is 1. The van der Waals surface area contributed by atoms with E-state index in [2.05, 4.69) is 10.6 Å². The summed E-state index contributed by atoms with van der Waals surface area (Å²) in [6.45, 7) is 7.93. The number of hydrogen-bond donors (Lipinski definition) is 2. The molecule has 0 atom stereocenters. The number of carbonyl (C=O) groups excluding carboxylic acids is 2. The van der Waals surface area contributed by atoms with Gasteiger partial charge in [0.2, 0.25) is 11.8 Å². The Kier molecular flexibility index (Phi) is 6.22. The van der Waals surface area contributed by atoms with Crippen molar-refractivity contribution in [3.8, 4) is 0 Å². The largest absolute Gasteiger partial charge is 0.347 e. The van der Waals surface area contributed by atoms with Crippen LogP contribution < -0.4 is 10.6 Å². The highest BCUT2D eigenvalue weighted by Crippen LogP contribution is 2.15. The Morgan fingerprint density at radius 1 is 1.15 bits per heavy atom. The van der Waals surface area contributed by atoms with E-state index in [9.17, 15) is 9.59 Å². The first-order valence-electron chi connectivity index (χ1n) is 7.12. The van der Waals surface area contributed by atoms with Crippen LogP contribution in [-0.2, 0) is 9.59 Å². The third kappa shape index (κ3) is 4.68. The molecule has 0 aliphatic heterocycles. The lowest BCUT2D eigenvalue weighted by Gasteiger charge is -2.13. The van der Waals surface area contributed by atoms with Crippen LogP contribution in [0.2, 0.25) is 0 Å². The van der Waals surface area contributed by atoms with E-state index in [1.165, 1.54) is 0 Å². The van der Waals surface area contributed by atoms with E-state index in [1.54, 1.807) is 0 Å². The highest BCUT2D eigenvalue weighted by molar-refractivity contribution is 5.95. The second kappa shape index (κ2) is 7.68. The summed E-state index contributed by atoms with van der Waals surface area (Å²) in [6.07, 6.45) is 1.59. The second-order valence-corrected chi connectivity index (χ2v) is 5.10. The van der Waals surface area contributed by atoms with Crippen LogP contribution in [0.15, 0.2) is 18.2 Å². The van der Waals surface area contributed by atoms with E-state index in [-0.39, 0.29) is 24.3 Å². The van der Waals surface area contributed by atoms with Crippen LogP contribution in [-0.4, -0.2) is 18.4 Å². The molecule has 0 unspecified atom stereocenters. The van der Waals surface area contributed by atoms with Crippen molar-refractivity contribution in [2.24, 2.45) is 5.92 Å². The van der Waals surface area contributed by atoms with Crippen LogP contribution in [0, 0.1) is 19.8 Å². The molecule has 0 aliphatic rings. The molecule has 0 saturated heterocycles. The summed E-state index contributed by atoms with van der Waals surface area (Å²) in [5, 5.41) is 5.50. The number of amides is 2. The summed E-state index contributed by atoms with van der Waals surface area (Å²) >= 11 is 0. The number of carbonyl (C=O) groups is 2. The summed E-state index contributed by atoms with van der Waals surface area (Å²) < 4.78 is 0. The summed E-state index contributed by atoms with van der Waals surface area (Å²) in [5.74, 6) is -0.258. The van der Waals surface area contributed by atoms with Crippen LogP contribution >= 0.6 is 0 Å². The molecule has 0 radical (unpaired) electrons. The topological polar surface area (TPSA) is 58.2 Å². The van der Waals surface area contributed by atoms with Gasteiger partial charge >= 0.3 is 0 Å². The van der Waals surface area contributed by atoms with E-state index < -0.39 is 0 Å². The molecule has 0 heterocycles. The zero-order valence-electron chi connectivity index (χ0n) is 12.7. The zero-order chi connectivity index (χ0) is 15.1. The lowest BCUT2D eigenvalue weighted by Crippen LogP contribution is -2.36. The Morgan fingerprint density at radius 3 is 2.35 bits per heavy atom. The molecule has 0 saturated carbocycles. The maximum absolute atomic E-state index is 11.8. The highest BCUT2D eigenvalue weighted by atomic mass is 16.2. The standard InChI is InChI=1S/C16H24N2O2/c1-5-13(6-2)16(20)17-10-15(19)18-14-8-7-11(3)9-12(14)4/h7-9,13H,5-6,10H2,1-4H3,(H,17,20)(H,18,19). The molecule has 0 bridgehead atoms. The van der Waals surface area contributed by atoms with Crippen LogP contribution in [0.5, 0.6) is 0 Å². The average Bonchev–Trinajstić information content (AvgIpc) is 2.41. The third-order valence-electron chi connectivity index (χ3n) is 3.44. The van der Waals surface area contributed by atoms with Crippen LogP contribution in [0.25, 0.3) is 0 Å². The molecule has 4 nitrogen and oxygen atoms in total. The summed E-state index contributed by atoms with van der Waals surface area (Å²) in [7, 11) is 0. The minimum Gasteiger partial charge on any atom is -0.347 e. The van der Waals surface area contributed by atoms with Crippen molar-refractivity contribution in [3.63, 3.8) is 0 Å². The first-order valence-corrected chi connectivity index (χ1v) is 7.12. The Morgan fingerprint density at radius 2 is 1.80 bits per heavy atom. The molecule has 0 spiro atoms. The predicted molar refractivity (Wildman–Crippen MR) is 81.6 cm³/mol. The minimum atomic E-state index is -0.198. The molecule has 4 heteroatoms. The van der Waals surface area contributed by atoms with Crippen molar-refractivity contribution in [2.75, 3.05) is 11.9 Å². The monoisotopic (exact) mass is 276 g/mol. The summed E-state index contributed by atoms with van der Waals surface area (Å²) in [5.41, 5.74) is 2.96. The van der Waals surface area contributed by atoms with Gasteiger partial charge in [-0.2, -0.15) is 0 Å². The Balaban J connectivity index is 2.50. The molecule has 1 aromatic rings. The van der Waals surface area contributed by atoms with Gasteiger partial charge < -0.3 is 10.6 Å². The molecule has 0 aliphatic carbocycles. The van der Waals surface area contributed by atoms with Gasteiger partial charge in [0.15, 0.2) is 0 Å². The molecule has 0 aromatic heterocycles. The molecule has 2 N–H and O–H groups in total. The Bertz CT molecular complexity index is 479. The van der Waals surface area contributed by atoms with Crippen LogP contribution in [0.3, 0.4) is 0 Å². The fourth-order valence-electron chi connectivity index (χ4n) is 2.12. The minimum absolute atomic E-state index is 0.0103. The van der Waals surface area contributed by atoms with E-state index >= 15 is 0 Å². The maximum atomic E-state index is 11.8. The van der Waals surface area contributed by atoms with E-state index in [0.29, 0.717) is 0 Å². The van der Waals surface area contributed by atoms with Gasteiger partial charge in [-0.05, 0) is 38.3 Å². The van der Waals surface area contributed by atoms with Gasteiger partial charge in [0.05, 0.1) is 6.54 Å². The predicted octanol–water partition coefficient (Wildman–Crippen LogP) is 2.79.